The third-order valence-electron chi connectivity index (χ3n) is 3.35. The Hall–Kier alpha value is -2.01. The molecular weight excluding hydrogens is 330 g/mol. The number of benzene rings is 1. The average molecular weight is 346 g/mol. The summed E-state index contributed by atoms with van der Waals surface area (Å²) in [5.41, 5.74) is 9.98. The number of imidazole rings is 1. The van der Waals surface area contributed by atoms with E-state index in [2.05, 4.69) is 20.9 Å². The summed E-state index contributed by atoms with van der Waals surface area (Å²) in [5.74, 6) is 1.49. The van der Waals surface area contributed by atoms with Gasteiger partial charge in [-0.1, -0.05) is 0 Å². The molecule has 3 aromatic rings. The normalized spacial score (nSPS) is 11.0. The van der Waals surface area contributed by atoms with Crippen molar-refractivity contribution >= 4 is 27.4 Å². The zero-order valence-electron chi connectivity index (χ0n) is 11.9. The van der Waals surface area contributed by atoms with Gasteiger partial charge >= 0.3 is 0 Å². The molecule has 2 aromatic heterocycles. The first-order valence-electron chi connectivity index (χ1n) is 6.77. The van der Waals surface area contributed by atoms with E-state index in [1.807, 2.05) is 54.8 Å². The summed E-state index contributed by atoms with van der Waals surface area (Å²) in [4.78, 5) is 4.68. The zero-order chi connectivity index (χ0) is 15.0. The number of aryl methyl sites for hydroxylation is 1. The van der Waals surface area contributed by atoms with Crippen LogP contribution in [0.5, 0.6) is 5.75 Å². The lowest BCUT2D eigenvalue weighted by Gasteiger charge is -2.04. The number of halogens is 1. The molecule has 0 aliphatic carbocycles. The largest absolute Gasteiger partial charge is 0.494 e. The Labute approximate surface area is 131 Å². The number of aromatic nitrogens is 2. The number of hydrogen-bond donors (Lipinski definition) is 1. The molecule has 0 amide bonds. The van der Waals surface area contributed by atoms with Gasteiger partial charge in [0.1, 0.15) is 22.9 Å². The molecule has 0 saturated carbocycles. The Morgan fingerprint density at radius 2 is 2.00 bits per heavy atom. The lowest BCUT2D eigenvalue weighted by molar-refractivity contribution is 0.340. The van der Waals surface area contributed by atoms with Crippen molar-refractivity contribution in [1.29, 1.82) is 0 Å². The second-order valence-corrected chi connectivity index (χ2v) is 5.75. The highest BCUT2D eigenvalue weighted by Crippen LogP contribution is 2.30. The van der Waals surface area contributed by atoms with Crippen molar-refractivity contribution in [3.63, 3.8) is 0 Å². The molecule has 0 aliphatic rings. The van der Waals surface area contributed by atoms with Crippen molar-refractivity contribution in [2.45, 2.75) is 13.8 Å². The molecule has 0 radical (unpaired) electrons. The lowest BCUT2D eigenvalue weighted by Crippen LogP contribution is -1.95. The highest BCUT2D eigenvalue weighted by atomic mass is 79.9. The number of fused-ring (bicyclic) bond motifs is 1. The van der Waals surface area contributed by atoms with E-state index >= 15 is 0 Å². The van der Waals surface area contributed by atoms with Crippen LogP contribution in [-0.4, -0.2) is 16.0 Å². The second-order valence-electron chi connectivity index (χ2n) is 4.84. The first kappa shape index (κ1) is 13.9. The van der Waals surface area contributed by atoms with Crippen LogP contribution >= 0.6 is 15.9 Å². The maximum atomic E-state index is 6.25. The fourth-order valence-corrected chi connectivity index (χ4v) is 2.92. The summed E-state index contributed by atoms with van der Waals surface area (Å²) in [5, 5.41) is 0. The predicted molar refractivity (Wildman–Crippen MR) is 88.6 cm³/mol. The van der Waals surface area contributed by atoms with E-state index in [4.69, 9.17) is 10.5 Å². The number of rotatable bonds is 3. The van der Waals surface area contributed by atoms with Crippen molar-refractivity contribution in [1.82, 2.24) is 9.38 Å². The van der Waals surface area contributed by atoms with Crippen LogP contribution in [0.1, 0.15) is 12.5 Å². The van der Waals surface area contributed by atoms with E-state index in [-0.39, 0.29) is 0 Å². The number of pyridine rings is 1. The summed E-state index contributed by atoms with van der Waals surface area (Å²) in [6.07, 6.45) is 1.93. The summed E-state index contributed by atoms with van der Waals surface area (Å²) < 4.78 is 8.35. The van der Waals surface area contributed by atoms with Crippen LogP contribution in [0, 0.1) is 6.92 Å². The summed E-state index contributed by atoms with van der Waals surface area (Å²) in [6.45, 7) is 4.65. The Bertz CT molecular complexity index is 793. The Morgan fingerprint density at radius 1 is 1.29 bits per heavy atom. The van der Waals surface area contributed by atoms with Crippen LogP contribution < -0.4 is 10.5 Å². The van der Waals surface area contributed by atoms with Crippen molar-refractivity contribution in [3.05, 3.63) is 46.6 Å². The molecule has 21 heavy (non-hydrogen) atoms. The van der Waals surface area contributed by atoms with E-state index in [0.29, 0.717) is 12.4 Å². The van der Waals surface area contributed by atoms with Gasteiger partial charge in [-0.25, -0.2) is 4.98 Å². The van der Waals surface area contributed by atoms with Crippen molar-refractivity contribution in [2.24, 2.45) is 0 Å². The molecule has 2 heterocycles. The molecule has 0 spiro atoms. The second kappa shape index (κ2) is 5.41. The minimum absolute atomic E-state index is 0.638. The molecule has 0 bridgehead atoms. The molecule has 0 atom stereocenters. The highest BCUT2D eigenvalue weighted by Gasteiger charge is 2.13. The van der Waals surface area contributed by atoms with Gasteiger partial charge in [0.25, 0.3) is 0 Å². The maximum Gasteiger partial charge on any atom is 0.142 e. The number of nitrogens with zero attached hydrogens (tertiary/aromatic N) is 2. The van der Waals surface area contributed by atoms with Crippen LogP contribution in [0.25, 0.3) is 16.9 Å². The molecule has 5 heteroatoms. The first-order valence-corrected chi connectivity index (χ1v) is 7.56. The predicted octanol–water partition coefficient (Wildman–Crippen LogP) is 4.05. The van der Waals surface area contributed by atoms with Crippen LogP contribution in [-0.2, 0) is 0 Å². The first-order chi connectivity index (χ1) is 10.1. The minimum Gasteiger partial charge on any atom is -0.494 e. The quantitative estimate of drug-likeness (QED) is 0.778. The third-order valence-corrected chi connectivity index (χ3v) is 3.78. The molecule has 0 fully saturated rings. The number of nitrogen functional groups attached to an aromatic ring is 1. The van der Waals surface area contributed by atoms with Gasteiger partial charge < -0.3 is 10.5 Å². The van der Waals surface area contributed by atoms with Gasteiger partial charge in [0.15, 0.2) is 0 Å². The van der Waals surface area contributed by atoms with Crippen molar-refractivity contribution < 1.29 is 4.74 Å². The molecule has 0 saturated heterocycles. The SMILES string of the molecule is CCOc1ccc(-c2nc3c(C)cc(Br)cn3c2N)cc1. The summed E-state index contributed by atoms with van der Waals surface area (Å²) >= 11 is 3.49. The van der Waals surface area contributed by atoms with Crippen molar-refractivity contribution in [3.8, 4) is 17.0 Å². The van der Waals surface area contributed by atoms with E-state index in [0.717, 1.165) is 32.7 Å². The number of ether oxygens (including phenoxy) is 1. The molecule has 1 aromatic carbocycles. The molecule has 3 rings (SSSR count). The van der Waals surface area contributed by atoms with Crippen LogP contribution in [0.15, 0.2) is 41.0 Å². The van der Waals surface area contributed by atoms with E-state index in [1.165, 1.54) is 0 Å². The standard InChI is InChI=1S/C16H16BrN3O/c1-3-21-13-6-4-11(5-7-13)14-15(18)20-9-12(17)8-10(2)16(20)19-14/h4-9H,3,18H2,1-2H3. The van der Waals surface area contributed by atoms with E-state index in [9.17, 15) is 0 Å². The molecule has 108 valence electrons. The number of anilines is 1. The lowest BCUT2D eigenvalue weighted by atomic mass is 10.1. The molecule has 4 nitrogen and oxygen atoms in total. The summed E-state index contributed by atoms with van der Waals surface area (Å²) in [7, 11) is 0. The fraction of sp³-hybridized carbons (Fsp3) is 0.188. The Morgan fingerprint density at radius 3 is 2.67 bits per heavy atom. The van der Waals surface area contributed by atoms with E-state index < -0.39 is 0 Å². The fourth-order valence-electron chi connectivity index (χ4n) is 2.37. The third kappa shape index (κ3) is 2.49. The van der Waals surface area contributed by atoms with Gasteiger partial charge in [0, 0.05) is 16.2 Å². The topological polar surface area (TPSA) is 52.5 Å². The Kier molecular flexibility index (Phi) is 3.59. The minimum atomic E-state index is 0.638. The maximum absolute atomic E-state index is 6.25. The number of nitrogens with two attached hydrogens (primary N) is 1. The average Bonchev–Trinajstić information content (AvgIpc) is 2.78. The zero-order valence-corrected chi connectivity index (χ0v) is 13.5. The molecular formula is C16H16BrN3O. The van der Waals surface area contributed by atoms with E-state index in [1.54, 1.807) is 0 Å². The summed E-state index contributed by atoms with van der Waals surface area (Å²) in [6, 6.07) is 9.86. The van der Waals surface area contributed by atoms with Gasteiger partial charge in [-0.3, -0.25) is 4.40 Å². The van der Waals surface area contributed by atoms with Crippen LogP contribution in [0.4, 0.5) is 5.82 Å². The van der Waals surface area contributed by atoms with Gasteiger partial charge in [0.2, 0.25) is 0 Å². The molecule has 0 aliphatic heterocycles. The Balaban J connectivity index is 2.12. The number of hydrogen-bond acceptors (Lipinski definition) is 3. The van der Waals surface area contributed by atoms with Gasteiger partial charge in [-0.05, 0) is 65.7 Å². The van der Waals surface area contributed by atoms with Gasteiger partial charge in [-0.15, -0.1) is 0 Å². The van der Waals surface area contributed by atoms with Crippen LogP contribution in [0.2, 0.25) is 0 Å². The molecule has 2 N–H and O–H groups in total. The smallest absolute Gasteiger partial charge is 0.142 e. The van der Waals surface area contributed by atoms with Gasteiger partial charge in [0.05, 0.1) is 6.61 Å². The molecule has 0 unspecified atom stereocenters. The van der Waals surface area contributed by atoms with Crippen LogP contribution in [0.3, 0.4) is 0 Å². The monoisotopic (exact) mass is 345 g/mol. The van der Waals surface area contributed by atoms with Gasteiger partial charge in [-0.2, -0.15) is 0 Å². The highest BCUT2D eigenvalue weighted by molar-refractivity contribution is 9.10. The van der Waals surface area contributed by atoms with Crippen molar-refractivity contribution in [2.75, 3.05) is 12.3 Å².